The Kier molecular flexibility index (Phi) is 4.59. The van der Waals surface area contributed by atoms with E-state index in [-0.39, 0.29) is 12.2 Å². The van der Waals surface area contributed by atoms with Crippen molar-refractivity contribution >= 4 is 34.2 Å². The van der Waals surface area contributed by atoms with E-state index in [0.29, 0.717) is 0 Å². The molecule has 0 radical (unpaired) electrons. The summed E-state index contributed by atoms with van der Waals surface area (Å²) in [6.45, 7) is 1.97. The van der Waals surface area contributed by atoms with Crippen LogP contribution in [0.2, 0.25) is 0 Å². The molecule has 1 aliphatic heterocycles. The van der Waals surface area contributed by atoms with Crippen LogP contribution in [0.15, 0.2) is 64.0 Å². The van der Waals surface area contributed by atoms with Crippen LogP contribution in [0.4, 0.5) is 5.69 Å². The molecule has 4 nitrogen and oxygen atoms in total. The Labute approximate surface area is 145 Å². The number of carbonyl (C=O) groups is 1. The molecule has 120 valence electrons. The van der Waals surface area contributed by atoms with Crippen molar-refractivity contribution < 1.29 is 9.53 Å². The number of benzene rings is 2. The number of allylic oxidation sites excluding steroid dienone is 2. The quantitative estimate of drug-likeness (QED) is 0.477. The van der Waals surface area contributed by atoms with E-state index in [9.17, 15) is 4.79 Å². The summed E-state index contributed by atoms with van der Waals surface area (Å²) in [5, 5.41) is 12.5. The molecule has 0 unspecified atom stereocenters. The standard InChI is InChI=1S/C19H16N2O2S/c1-3-23-19(22)14(12-20)9-11-17-21(2)16-10-8-13-6-4-5-7-15(13)18(16)24-17/h4-11H,3H2,1-2H3/b14-9+,17-11-. The van der Waals surface area contributed by atoms with Crippen LogP contribution in [0.5, 0.6) is 0 Å². The zero-order chi connectivity index (χ0) is 17.1. The van der Waals surface area contributed by atoms with Gasteiger partial charge in [0.25, 0.3) is 0 Å². The highest BCUT2D eigenvalue weighted by molar-refractivity contribution is 8.04. The summed E-state index contributed by atoms with van der Waals surface area (Å²) < 4.78 is 4.88. The molecule has 1 aliphatic rings. The van der Waals surface area contributed by atoms with Crippen molar-refractivity contribution in [1.82, 2.24) is 0 Å². The van der Waals surface area contributed by atoms with E-state index in [1.807, 2.05) is 25.2 Å². The van der Waals surface area contributed by atoms with Crippen LogP contribution in [0.1, 0.15) is 6.92 Å². The molecule has 2 aromatic rings. The highest BCUT2D eigenvalue weighted by Crippen LogP contribution is 2.48. The first kappa shape index (κ1) is 16.2. The van der Waals surface area contributed by atoms with E-state index in [1.54, 1.807) is 24.8 Å². The molecule has 0 bridgehead atoms. The van der Waals surface area contributed by atoms with Gasteiger partial charge in [-0.15, -0.1) is 0 Å². The van der Waals surface area contributed by atoms with Gasteiger partial charge in [-0.1, -0.05) is 42.1 Å². The zero-order valence-corrected chi connectivity index (χ0v) is 14.3. The van der Waals surface area contributed by atoms with Crippen molar-refractivity contribution in [2.45, 2.75) is 11.8 Å². The van der Waals surface area contributed by atoms with Crippen molar-refractivity contribution in [3.05, 3.63) is 59.2 Å². The van der Waals surface area contributed by atoms with Gasteiger partial charge in [0.1, 0.15) is 11.6 Å². The molecule has 3 rings (SSSR count). The summed E-state index contributed by atoms with van der Waals surface area (Å²) in [6.07, 6.45) is 3.31. The number of nitriles is 1. The summed E-state index contributed by atoms with van der Waals surface area (Å²) in [6, 6.07) is 14.3. The fourth-order valence-electron chi connectivity index (χ4n) is 2.55. The third kappa shape index (κ3) is 2.89. The summed E-state index contributed by atoms with van der Waals surface area (Å²) in [4.78, 5) is 14.9. The van der Waals surface area contributed by atoms with Crippen LogP contribution >= 0.6 is 11.8 Å². The number of hydrogen-bond donors (Lipinski definition) is 0. The minimum atomic E-state index is -0.592. The number of carbonyl (C=O) groups excluding carboxylic acids is 1. The number of thioether (sulfide) groups is 1. The van der Waals surface area contributed by atoms with Crippen molar-refractivity contribution in [2.75, 3.05) is 18.6 Å². The van der Waals surface area contributed by atoms with E-state index in [4.69, 9.17) is 10.00 Å². The number of hydrogen-bond acceptors (Lipinski definition) is 5. The Morgan fingerprint density at radius 1 is 1.33 bits per heavy atom. The molecule has 24 heavy (non-hydrogen) atoms. The molecule has 0 atom stereocenters. The Morgan fingerprint density at radius 3 is 2.88 bits per heavy atom. The van der Waals surface area contributed by atoms with Crippen LogP contribution in [-0.4, -0.2) is 19.6 Å². The van der Waals surface area contributed by atoms with Gasteiger partial charge in [-0.2, -0.15) is 5.26 Å². The zero-order valence-electron chi connectivity index (χ0n) is 13.4. The second-order valence-corrected chi connectivity index (χ2v) is 6.24. The van der Waals surface area contributed by atoms with Crippen molar-refractivity contribution in [1.29, 1.82) is 5.26 Å². The van der Waals surface area contributed by atoms with Crippen molar-refractivity contribution in [3.63, 3.8) is 0 Å². The van der Waals surface area contributed by atoms with Gasteiger partial charge in [0.05, 0.1) is 17.3 Å². The average molecular weight is 336 g/mol. The second-order valence-electron chi connectivity index (χ2n) is 5.21. The number of nitrogens with zero attached hydrogens (tertiary/aromatic N) is 2. The molecule has 0 fully saturated rings. The molecular weight excluding hydrogens is 320 g/mol. The van der Waals surface area contributed by atoms with E-state index < -0.39 is 5.97 Å². The Hall–Kier alpha value is -2.71. The summed E-state index contributed by atoms with van der Waals surface area (Å²) >= 11 is 1.63. The Morgan fingerprint density at radius 2 is 2.12 bits per heavy atom. The maximum Gasteiger partial charge on any atom is 0.348 e. The van der Waals surface area contributed by atoms with E-state index in [0.717, 1.165) is 10.7 Å². The number of fused-ring (bicyclic) bond motifs is 3. The largest absolute Gasteiger partial charge is 0.462 e. The lowest BCUT2D eigenvalue weighted by atomic mass is 10.1. The monoisotopic (exact) mass is 336 g/mol. The predicted molar refractivity (Wildman–Crippen MR) is 96.6 cm³/mol. The molecule has 0 spiro atoms. The SMILES string of the molecule is CCOC(=O)/C(C#N)=C/C=C1\Sc2c(ccc3ccccc23)N1C. The lowest BCUT2D eigenvalue weighted by Gasteiger charge is -2.13. The molecule has 0 N–H and O–H groups in total. The fraction of sp³-hybridized carbons (Fsp3) is 0.158. The van der Waals surface area contributed by atoms with Crippen molar-refractivity contribution in [2.24, 2.45) is 0 Å². The van der Waals surface area contributed by atoms with Crippen molar-refractivity contribution in [3.8, 4) is 6.07 Å². The number of anilines is 1. The highest BCUT2D eigenvalue weighted by Gasteiger charge is 2.23. The normalized spacial score (nSPS) is 15.5. The van der Waals surface area contributed by atoms with Crippen LogP contribution in [0, 0.1) is 11.3 Å². The number of ether oxygens (including phenoxy) is 1. The summed E-state index contributed by atoms with van der Waals surface area (Å²) in [5.41, 5.74) is 1.12. The van der Waals surface area contributed by atoms with E-state index in [1.165, 1.54) is 21.7 Å². The second kappa shape index (κ2) is 6.81. The van der Waals surface area contributed by atoms with Gasteiger partial charge in [-0.3, -0.25) is 0 Å². The molecule has 1 heterocycles. The van der Waals surface area contributed by atoms with Gasteiger partial charge < -0.3 is 9.64 Å². The molecule has 0 aromatic heterocycles. The fourth-order valence-corrected chi connectivity index (χ4v) is 3.74. The van der Waals surface area contributed by atoms with E-state index >= 15 is 0 Å². The Bertz CT molecular complexity index is 909. The van der Waals surface area contributed by atoms with Gasteiger partial charge in [-0.25, -0.2) is 4.79 Å². The van der Waals surface area contributed by atoms with Gasteiger partial charge >= 0.3 is 5.97 Å². The molecular formula is C19H16N2O2S. The predicted octanol–water partition coefficient (Wildman–Crippen LogP) is 4.24. The first-order valence-electron chi connectivity index (χ1n) is 7.58. The van der Waals surface area contributed by atoms with Crippen LogP contribution in [0.25, 0.3) is 10.8 Å². The summed E-state index contributed by atoms with van der Waals surface area (Å²) in [7, 11) is 1.98. The third-order valence-corrected chi connectivity index (χ3v) is 5.02. The van der Waals surface area contributed by atoms with Gasteiger partial charge in [-0.05, 0) is 35.9 Å². The smallest absolute Gasteiger partial charge is 0.348 e. The number of esters is 1. The molecule has 0 saturated heterocycles. The van der Waals surface area contributed by atoms with Gasteiger partial charge in [0.15, 0.2) is 0 Å². The minimum Gasteiger partial charge on any atom is -0.462 e. The minimum absolute atomic E-state index is 0.000774. The van der Waals surface area contributed by atoms with Crippen LogP contribution in [-0.2, 0) is 9.53 Å². The summed E-state index contributed by atoms with van der Waals surface area (Å²) in [5.74, 6) is -0.592. The van der Waals surface area contributed by atoms with Gasteiger partial charge in [0, 0.05) is 11.9 Å². The number of rotatable bonds is 3. The molecule has 5 heteroatoms. The molecule has 0 amide bonds. The third-order valence-electron chi connectivity index (χ3n) is 3.77. The maximum atomic E-state index is 11.7. The Balaban J connectivity index is 1.96. The first-order chi connectivity index (χ1) is 11.7. The lowest BCUT2D eigenvalue weighted by molar-refractivity contribution is -0.138. The molecule has 2 aromatic carbocycles. The topological polar surface area (TPSA) is 53.3 Å². The highest BCUT2D eigenvalue weighted by atomic mass is 32.2. The first-order valence-corrected chi connectivity index (χ1v) is 8.40. The average Bonchev–Trinajstić information content (AvgIpc) is 2.92. The molecule has 0 saturated carbocycles. The lowest BCUT2D eigenvalue weighted by Crippen LogP contribution is -2.09. The van der Waals surface area contributed by atoms with Crippen LogP contribution in [0.3, 0.4) is 0 Å². The van der Waals surface area contributed by atoms with Gasteiger partial charge in [0.2, 0.25) is 0 Å². The molecule has 0 aliphatic carbocycles. The maximum absolute atomic E-state index is 11.7. The van der Waals surface area contributed by atoms with Crippen LogP contribution < -0.4 is 4.90 Å². The van der Waals surface area contributed by atoms with E-state index in [2.05, 4.69) is 29.2 Å².